The van der Waals surface area contributed by atoms with Crippen molar-refractivity contribution >= 4 is 24.8 Å². The van der Waals surface area contributed by atoms with E-state index in [2.05, 4.69) is 10.3 Å². The first-order valence-corrected chi connectivity index (χ1v) is 4.72. The summed E-state index contributed by atoms with van der Waals surface area (Å²) < 4.78 is 5.75. The first-order chi connectivity index (χ1) is 6.45. The van der Waals surface area contributed by atoms with E-state index in [1.54, 1.807) is 12.4 Å². The first-order valence-electron chi connectivity index (χ1n) is 4.72. The maximum absolute atomic E-state index is 5.75. The van der Waals surface area contributed by atoms with Gasteiger partial charge in [0.2, 0.25) is 0 Å². The van der Waals surface area contributed by atoms with E-state index < -0.39 is 0 Å². The molecule has 86 valence electrons. The minimum Gasteiger partial charge on any atom is -0.489 e. The standard InChI is InChI=1S/C10H14N2O.2ClH/c1-2-10(8-12-5-1)13-9-3-6-11-7-4-9;;/h3-4,6-7,10,12H,1-2,5,8H2;2*1H. The minimum atomic E-state index is 0. The number of rotatable bonds is 2. The molecule has 15 heavy (non-hydrogen) atoms. The number of nitrogens with zero attached hydrogens (tertiary/aromatic N) is 1. The minimum absolute atomic E-state index is 0. The summed E-state index contributed by atoms with van der Waals surface area (Å²) in [6.45, 7) is 2.08. The van der Waals surface area contributed by atoms with Crippen molar-refractivity contribution in [2.75, 3.05) is 13.1 Å². The number of hydrogen-bond donors (Lipinski definition) is 1. The summed E-state index contributed by atoms with van der Waals surface area (Å²) in [5, 5.41) is 3.31. The summed E-state index contributed by atoms with van der Waals surface area (Å²) in [5.41, 5.74) is 0. The zero-order valence-electron chi connectivity index (χ0n) is 8.39. The Balaban J connectivity index is 0.000000980. The molecule has 0 aliphatic carbocycles. The topological polar surface area (TPSA) is 34.1 Å². The van der Waals surface area contributed by atoms with Gasteiger partial charge in [-0.3, -0.25) is 4.98 Å². The predicted molar refractivity (Wildman–Crippen MR) is 65.3 cm³/mol. The fourth-order valence-electron chi connectivity index (χ4n) is 1.53. The van der Waals surface area contributed by atoms with E-state index in [4.69, 9.17) is 4.74 Å². The molecule has 2 rings (SSSR count). The Morgan fingerprint density at radius 2 is 2.00 bits per heavy atom. The highest BCUT2D eigenvalue weighted by molar-refractivity contribution is 5.85. The lowest BCUT2D eigenvalue weighted by Crippen LogP contribution is -2.37. The van der Waals surface area contributed by atoms with Crippen LogP contribution < -0.4 is 10.1 Å². The molecule has 0 aromatic carbocycles. The third-order valence-electron chi connectivity index (χ3n) is 2.20. The fraction of sp³-hybridized carbons (Fsp3) is 0.500. The molecule has 1 fully saturated rings. The summed E-state index contributed by atoms with van der Waals surface area (Å²) in [4.78, 5) is 3.94. The molecule has 1 aliphatic rings. The second kappa shape index (κ2) is 7.74. The van der Waals surface area contributed by atoms with Gasteiger partial charge in [-0.15, -0.1) is 24.8 Å². The number of halogens is 2. The van der Waals surface area contributed by atoms with Crippen molar-refractivity contribution in [3.8, 4) is 5.75 Å². The molecule has 0 bridgehead atoms. The van der Waals surface area contributed by atoms with Crippen LogP contribution in [-0.4, -0.2) is 24.2 Å². The predicted octanol–water partition coefficient (Wildman–Crippen LogP) is 2.06. The van der Waals surface area contributed by atoms with Gasteiger partial charge in [-0.2, -0.15) is 0 Å². The van der Waals surface area contributed by atoms with E-state index in [0.717, 1.165) is 25.3 Å². The van der Waals surface area contributed by atoms with Crippen molar-refractivity contribution in [2.24, 2.45) is 0 Å². The molecule has 1 aliphatic heterocycles. The fourth-order valence-corrected chi connectivity index (χ4v) is 1.53. The Hall–Kier alpha value is -0.510. The van der Waals surface area contributed by atoms with E-state index in [-0.39, 0.29) is 24.8 Å². The first kappa shape index (κ1) is 14.5. The molecule has 1 aromatic rings. The zero-order chi connectivity index (χ0) is 8.93. The monoisotopic (exact) mass is 250 g/mol. The van der Waals surface area contributed by atoms with Crippen LogP contribution in [0.1, 0.15) is 12.8 Å². The Morgan fingerprint density at radius 1 is 1.27 bits per heavy atom. The van der Waals surface area contributed by atoms with Gasteiger partial charge >= 0.3 is 0 Å². The van der Waals surface area contributed by atoms with Crippen LogP contribution in [0.2, 0.25) is 0 Å². The second-order valence-corrected chi connectivity index (χ2v) is 3.27. The Kier molecular flexibility index (Phi) is 7.48. The van der Waals surface area contributed by atoms with Crippen LogP contribution in [0.4, 0.5) is 0 Å². The highest BCUT2D eigenvalue weighted by Gasteiger charge is 2.13. The normalized spacial score (nSPS) is 19.6. The summed E-state index contributed by atoms with van der Waals surface area (Å²) in [5.74, 6) is 0.920. The van der Waals surface area contributed by atoms with Gasteiger partial charge in [0.05, 0.1) is 0 Å². The molecule has 0 radical (unpaired) electrons. The Bertz CT molecular complexity index is 253. The highest BCUT2D eigenvalue weighted by Crippen LogP contribution is 2.13. The van der Waals surface area contributed by atoms with Crippen molar-refractivity contribution in [2.45, 2.75) is 18.9 Å². The van der Waals surface area contributed by atoms with Crippen molar-refractivity contribution < 1.29 is 4.74 Å². The van der Waals surface area contributed by atoms with Gasteiger partial charge < -0.3 is 10.1 Å². The quantitative estimate of drug-likeness (QED) is 0.873. The lowest BCUT2D eigenvalue weighted by Gasteiger charge is -2.23. The summed E-state index contributed by atoms with van der Waals surface area (Å²) in [6, 6.07) is 3.79. The van der Waals surface area contributed by atoms with Gasteiger partial charge in [0.1, 0.15) is 11.9 Å². The van der Waals surface area contributed by atoms with Crippen LogP contribution in [0.25, 0.3) is 0 Å². The second-order valence-electron chi connectivity index (χ2n) is 3.27. The highest BCUT2D eigenvalue weighted by atomic mass is 35.5. The van der Waals surface area contributed by atoms with Gasteiger partial charge in [-0.25, -0.2) is 0 Å². The van der Waals surface area contributed by atoms with Crippen LogP contribution in [0.15, 0.2) is 24.5 Å². The van der Waals surface area contributed by atoms with Crippen molar-refractivity contribution in [1.29, 1.82) is 0 Å². The van der Waals surface area contributed by atoms with Gasteiger partial charge in [-0.05, 0) is 31.5 Å². The third kappa shape index (κ3) is 4.69. The van der Waals surface area contributed by atoms with Crippen LogP contribution in [0.3, 0.4) is 0 Å². The maximum atomic E-state index is 5.75. The van der Waals surface area contributed by atoms with Gasteiger partial charge in [0, 0.05) is 18.9 Å². The molecule has 2 heterocycles. The van der Waals surface area contributed by atoms with E-state index >= 15 is 0 Å². The van der Waals surface area contributed by atoms with Crippen LogP contribution >= 0.6 is 24.8 Å². The van der Waals surface area contributed by atoms with Crippen molar-refractivity contribution in [1.82, 2.24) is 10.3 Å². The van der Waals surface area contributed by atoms with Gasteiger partial charge in [0.25, 0.3) is 0 Å². The molecule has 1 saturated heterocycles. The number of piperidine rings is 1. The summed E-state index contributed by atoms with van der Waals surface area (Å²) >= 11 is 0. The van der Waals surface area contributed by atoms with Crippen molar-refractivity contribution in [3.05, 3.63) is 24.5 Å². The van der Waals surface area contributed by atoms with Crippen LogP contribution in [0.5, 0.6) is 5.75 Å². The van der Waals surface area contributed by atoms with E-state index in [9.17, 15) is 0 Å². The number of ether oxygens (including phenoxy) is 1. The molecule has 1 atom stereocenters. The van der Waals surface area contributed by atoms with E-state index in [1.165, 1.54) is 6.42 Å². The number of aromatic nitrogens is 1. The maximum Gasteiger partial charge on any atom is 0.122 e. The third-order valence-corrected chi connectivity index (χ3v) is 2.20. The van der Waals surface area contributed by atoms with Gasteiger partial charge in [0.15, 0.2) is 0 Å². The van der Waals surface area contributed by atoms with Crippen LogP contribution in [0, 0.1) is 0 Å². The smallest absolute Gasteiger partial charge is 0.122 e. The number of nitrogens with one attached hydrogen (secondary N) is 1. The van der Waals surface area contributed by atoms with E-state index in [0.29, 0.717) is 6.10 Å². The number of pyridine rings is 1. The van der Waals surface area contributed by atoms with Crippen molar-refractivity contribution in [3.63, 3.8) is 0 Å². The zero-order valence-corrected chi connectivity index (χ0v) is 10.0. The largest absolute Gasteiger partial charge is 0.489 e. The average Bonchev–Trinajstić information content (AvgIpc) is 2.21. The summed E-state index contributed by atoms with van der Waals surface area (Å²) in [7, 11) is 0. The summed E-state index contributed by atoms with van der Waals surface area (Å²) in [6.07, 6.45) is 6.19. The molecule has 0 amide bonds. The Morgan fingerprint density at radius 3 is 2.60 bits per heavy atom. The van der Waals surface area contributed by atoms with Crippen LogP contribution in [-0.2, 0) is 0 Å². The lowest BCUT2D eigenvalue weighted by molar-refractivity contribution is 0.167. The molecule has 5 heteroatoms. The molecule has 0 saturated carbocycles. The number of hydrogen-bond acceptors (Lipinski definition) is 3. The molecular weight excluding hydrogens is 235 g/mol. The SMILES string of the molecule is Cl.Cl.c1cc(OC2CCCNC2)ccn1. The Labute approximate surface area is 102 Å². The molecule has 0 spiro atoms. The van der Waals surface area contributed by atoms with Gasteiger partial charge in [-0.1, -0.05) is 0 Å². The molecule has 3 nitrogen and oxygen atoms in total. The molecular formula is C10H16Cl2N2O. The molecule has 1 N–H and O–H groups in total. The average molecular weight is 251 g/mol. The molecule has 1 aromatic heterocycles. The van der Waals surface area contributed by atoms with E-state index in [1.807, 2.05) is 12.1 Å². The lowest BCUT2D eigenvalue weighted by atomic mass is 10.1. The molecule has 1 unspecified atom stereocenters.